The van der Waals surface area contributed by atoms with Crippen molar-refractivity contribution in [1.29, 1.82) is 0 Å². The number of benzene rings is 1. The van der Waals surface area contributed by atoms with Crippen molar-refractivity contribution < 1.29 is 5.11 Å². The zero-order valence-electron chi connectivity index (χ0n) is 13.1. The van der Waals surface area contributed by atoms with Crippen LogP contribution in [0.15, 0.2) is 23.6 Å². The summed E-state index contributed by atoms with van der Waals surface area (Å²) < 4.78 is 0. The molecule has 2 aromatic heterocycles. The number of aromatic nitrogens is 2. The van der Waals surface area contributed by atoms with Crippen LogP contribution in [0.3, 0.4) is 0 Å². The van der Waals surface area contributed by atoms with Crippen LogP contribution in [-0.2, 0) is 12.8 Å². The SMILES string of the molecule is Oc1c(Cl)cc(Cl)cc1C=NNc1ncnc2sc3c(c12)CCCC3. The Labute approximate surface area is 158 Å². The van der Waals surface area contributed by atoms with Gasteiger partial charge >= 0.3 is 0 Å². The summed E-state index contributed by atoms with van der Waals surface area (Å²) in [5.41, 5.74) is 4.73. The number of aromatic hydroxyl groups is 1. The highest BCUT2D eigenvalue weighted by molar-refractivity contribution is 7.19. The maximum absolute atomic E-state index is 9.98. The molecule has 1 aliphatic rings. The summed E-state index contributed by atoms with van der Waals surface area (Å²) in [5, 5.41) is 15.8. The number of hydrogen-bond acceptors (Lipinski definition) is 6. The van der Waals surface area contributed by atoms with Crippen LogP contribution in [0.25, 0.3) is 10.2 Å². The number of hydrogen-bond donors (Lipinski definition) is 2. The fraction of sp³-hybridized carbons (Fsp3) is 0.235. The quantitative estimate of drug-likeness (QED) is 0.484. The molecular weight excluding hydrogens is 379 g/mol. The second-order valence-corrected chi connectivity index (χ2v) is 7.74. The molecule has 1 aromatic carbocycles. The number of phenolic OH excluding ortho intramolecular Hbond substituents is 1. The summed E-state index contributed by atoms with van der Waals surface area (Å²) >= 11 is 13.6. The highest BCUT2D eigenvalue weighted by atomic mass is 35.5. The number of anilines is 1. The van der Waals surface area contributed by atoms with Crippen molar-refractivity contribution in [3.63, 3.8) is 0 Å². The lowest BCUT2D eigenvalue weighted by Crippen LogP contribution is -2.01. The summed E-state index contributed by atoms with van der Waals surface area (Å²) in [7, 11) is 0. The van der Waals surface area contributed by atoms with Gasteiger partial charge in [-0.3, -0.25) is 5.43 Å². The lowest BCUT2D eigenvalue weighted by atomic mass is 9.97. The maximum atomic E-state index is 9.98. The van der Waals surface area contributed by atoms with Gasteiger partial charge in [-0.15, -0.1) is 11.3 Å². The first-order valence-electron chi connectivity index (χ1n) is 7.86. The van der Waals surface area contributed by atoms with Crippen molar-refractivity contribution >= 4 is 56.8 Å². The van der Waals surface area contributed by atoms with Crippen molar-refractivity contribution in [2.45, 2.75) is 25.7 Å². The topological polar surface area (TPSA) is 70.4 Å². The van der Waals surface area contributed by atoms with E-state index < -0.39 is 0 Å². The molecule has 2 N–H and O–H groups in total. The van der Waals surface area contributed by atoms with Gasteiger partial charge in [-0.05, 0) is 43.4 Å². The van der Waals surface area contributed by atoms with Gasteiger partial charge in [-0.2, -0.15) is 5.10 Å². The van der Waals surface area contributed by atoms with Crippen LogP contribution in [0, 0.1) is 0 Å². The van der Waals surface area contributed by atoms with Gasteiger partial charge in [0.15, 0.2) is 5.82 Å². The Balaban J connectivity index is 1.67. The van der Waals surface area contributed by atoms with Gasteiger partial charge in [-0.25, -0.2) is 9.97 Å². The van der Waals surface area contributed by atoms with Crippen molar-refractivity contribution in [1.82, 2.24) is 9.97 Å². The van der Waals surface area contributed by atoms with Crippen molar-refractivity contribution in [2.75, 3.05) is 5.43 Å². The molecule has 5 nitrogen and oxygen atoms in total. The monoisotopic (exact) mass is 392 g/mol. The molecule has 25 heavy (non-hydrogen) atoms. The Morgan fingerprint density at radius 2 is 2.04 bits per heavy atom. The summed E-state index contributed by atoms with van der Waals surface area (Å²) in [6, 6.07) is 3.07. The molecule has 0 fully saturated rings. The number of nitrogens with one attached hydrogen (secondary N) is 1. The van der Waals surface area contributed by atoms with Crippen molar-refractivity contribution in [3.8, 4) is 5.75 Å². The Morgan fingerprint density at radius 3 is 2.92 bits per heavy atom. The van der Waals surface area contributed by atoms with Crippen LogP contribution in [0.1, 0.15) is 28.8 Å². The van der Waals surface area contributed by atoms with Crippen molar-refractivity contribution in [2.24, 2.45) is 5.10 Å². The third-order valence-corrected chi connectivity index (χ3v) is 5.89. The van der Waals surface area contributed by atoms with E-state index in [-0.39, 0.29) is 10.8 Å². The summed E-state index contributed by atoms with van der Waals surface area (Å²) in [6.45, 7) is 0. The number of hydrazone groups is 1. The molecule has 0 aliphatic heterocycles. The Morgan fingerprint density at radius 1 is 1.20 bits per heavy atom. The number of fused-ring (bicyclic) bond motifs is 3. The molecule has 0 radical (unpaired) electrons. The van der Waals surface area contributed by atoms with E-state index in [1.807, 2.05) is 0 Å². The smallest absolute Gasteiger partial charge is 0.158 e. The largest absolute Gasteiger partial charge is 0.506 e. The van der Waals surface area contributed by atoms with E-state index in [9.17, 15) is 5.11 Å². The van der Waals surface area contributed by atoms with Gasteiger partial charge in [0, 0.05) is 15.5 Å². The standard InChI is InChI=1S/C17H14Cl2N4OS/c18-10-5-9(15(24)12(19)6-10)7-22-23-16-14-11-3-1-2-4-13(11)25-17(14)21-8-20-16/h5-8,24H,1-4H2,(H,20,21,23). The predicted octanol–water partition coefficient (Wildman–Crippen LogP) is 5.03. The molecule has 8 heteroatoms. The number of nitrogens with zero attached hydrogens (tertiary/aromatic N) is 3. The van der Waals surface area contributed by atoms with E-state index in [4.69, 9.17) is 23.2 Å². The summed E-state index contributed by atoms with van der Waals surface area (Å²) in [6.07, 6.45) is 7.57. The van der Waals surface area contributed by atoms with Gasteiger partial charge in [0.2, 0.25) is 0 Å². The first-order valence-corrected chi connectivity index (χ1v) is 9.43. The van der Waals surface area contributed by atoms with Gasteiger partial charge in [0.25, 0.3) is 0 Å². The molecule has 0 amide bonds. The number of aryl methyl sites for hydroxylation is 2. The Hall–Kier alpha value is -1.89. The second-order valence-electron chi connectivity index (χ2n) is 5.81. The molecule has 0 bridgehead atoms. The molecule has 0 saturated heterocycles. The summed E-state index contributed by atoms with van der Waals surface area (Å²) in [4.78, 5) is 11.1. The zero-order chi connectivity index (χ0) is 17.4. The normalized spacial score (nSPS) is 14.2. The van der Waals surface area contributed by atoms with E-state index in [1.54, 1.807) is 17.4 Å². The van der Waals surface area contributed by atoms with E-state index >= 15 is 0 Å². The molecule has 0 atom stereocenters. The fourth-order valence-electron chi connectivity index (χ4n) is 3.02. The van der Waals surface area contributed by atoms with E-state index in [0.717, 1.165) is 23.1 Å². The lowest BCUT2D eigenvalue weighted by Gasteiger charge is -2.11. The van der Waals surface area contributed by atoms with Crippen molar-refractivity contribution in [3.05, 3.63) is 44.5 Å². The average molecular weight is 393 g/mol. The van der Waals surface area contributed by atoms with E-state index in [2.05, 4.69) is 20.5 Å². The minimum Gasteiger partial charge on any atom is -0.506 e. The van der Waals surface area contributed by atoms with Crippen LogP contribution < -0.4 is 5.43 Å². The van der Waals surface area contributed by atoms with E-state index in [1.165, 1.54) is 41.9 Å². The predicted molar refractivity (Wildman–Crippen MR) is 103 cm³/mol. The second kappa shape index (κ2) is 6.78. The first-order chi connectivity index (χ1) is 12.1. The first kappa shape index (κ1) is 16.6. The molecule has 1 aliphatic carbocycles. The van der Waals surface area contributed by atoms with Crippen LogP contribution in [-0.4, -0.2) is 21.3 Å². The van der Waals surface area contributed by atoms with Gasteiger partial charge < -0.3 is 5.11 Å². The van der Waals surface area contributed by atoms with Gasteiger partial charge in [-0.1, -0.05) is 23.2 Å². The molecule has 2 heterocycles. The average Bonchev–Trinajstić information content (AvgIpc) is 2.98. The molecule has 0 saturated carbocycles. The Bertz CT molecular complexity index is 986. The third-order valence-electron chi connectivity index (χ3n) is 4.18. The summed E-state index contributed by atoms with van der Waals surface area (Å²) in [5.74, 6) is 0.616. The molecule has 0 unspecified atom stereocenters. The highest BCUT2D eigenvalue weighted by Gasteiger charge is 2.19. The lowest BCUT2D eigenvalue weighted by molar-refractivity contribution is 0.475. The Kier molecular flexibility index (Phi) is 4.50. The number of rotatable bonds is 3. The van der Waals surface area contributed by atoms with Crippen LogP contribution in [0.4, 0.5) is 5.82 Å². The van der Waals surface area contributed by atoms with Crippen LogP contribution in [0.2, 0.25) is 10.0 Å². The number of phenols is 1. The van der Waals surface area contributed by atoms with E-state index in [0.29, 0.717) is 16.4 Å². The highest BCUT2D eigenvalue weighted by Crippen LogP contribution is 2.38. The minimum atomic E-state index is -0.0580. The number of halogens is 2. The molecular formula is C17H14Cl2N4OS. The zero-order valence-corrected chi connectivity index (χ0v) is 15.4. The molecule has 4 rings (SSSR count). The minimum absolute atomic E-state index is 0.0580. The van der Waals surface area contributed by atoms with Gasteiger partial charge in [0.05, 0.1) is 16.6 Å². The fourth-order valence-corrected chi connectivity index (χ4v) is 4.76. The molecule has 0 spiro atoms. The maximum Gasteiger partial charge on any atom is 0.158 e. The number of thiophene rings is 1. The van der Waals surface area contributed by atoms with Crippen LogP contribution in [0.5, 0.6) is 5.75 Å². The third kappa shape index (κ3) is 3.17. The van der Waals surface area contributed by atoms with Gasteiger partial charge in [0.1, 0.15) is 16.9 Å². The molecule has 128 valence electrons. The molecule has 3 aromatic rings. The van der Waals surface area contributed by atoms with Crippen LogP contribution >= 0.6 is 34.5 Å².